The van der Waals surface area contributed by atoms with Crippen molar-refractivity contribution in [3.05, 3.63) is 35.6 Å². The maximum Gasteiger partial charge on any atom is 0.123 e. The molecule has 84 valence electrons. The third-order valence-electron chi connectivity index (χ3n) is 2.25. The second-order valence-corrected chi connectivity index (χ2v) is 3.68. The fourth-order valence-electron chi connectivity index (χ4n) is 1.45. The van der Waals surface area contributed by atoms with Gasteiger partial charge in [-0.1, -0.05) is 12.1 Å². The molecule has 0 aliphatic rings. The molecule has 0 heterocycles. The summed E-state index contributed by atoms with van der Waals surface area (Å²) in [6, 6.07) is 7.02. The van der Waals surface area contributed by atoms with Gasteiger partial charge in [0, 0.05) is 19.7 Å². The highest BCUT2D eigenvalue weighted by atomic mass is 19.1. The molecule has 1 rings (SSSR count). The normalized spacial score (nSPS) is 12.7. The fraction of sp³-hybridized carbons (Fsp3) is 0.500. The van der Waals surface area contributed by atoms with Gasteiger partial charge in [-0.2, -0.15) is 0 Å². The molecule has 0 saturated carbocycles. The minimum atomic E-state index is -0.182. The first-order chi connectivity index (χ1) is 7.22. The van der Waals surface area contributed by atoms with Crippen LogP contribution < -0.4 is 5.32 Å². The lowest BCUT2D eigenvalue weighted by Gasteiger charge is -2.13. The average molecular weight is 211 g/mol. The maximum atomic E-state index is 12.6. The molecular weight excluding hydrogens is 193 g/mol. The molecule has 0 aromatic heterocycles. The van der Waals surface area contributed by atoms with Crippen molar-refractivity contribution in [2.75, 3.05) is 20.3 Å². The lowest BCUT2D eigenvalue weighted by Crippen LogP contribution is -2.30. The van der Waals surface area contributed by atoms with E-state index in [1.165, 1.54) is 12.1 Å². The first-order valence-electron chi connectivity index (χ1n) is 5.19. The second kappa shape index (κ2) is 6.53. The molecule has 0 aliphatic heterocycles. The van der Waals surface area contributed by atoms with Gasteiger partial charge in [0.25, 0.3) is 0 Å². The van der Waals surface area contributed by atoms with E-state index in [0.29, 0.717) is 12.6 Å². The van der Waals surface area contributed by atoms with Gasteiger partial charge < -0.3 is 10.1 Å². The summed E-state index contributed by atoms with van der Waals surface area (Å²) in [4.78, 5) is 0. The van der Waals surface area contributed by atoms with Crippen molar-refractivity contribution in [3.8, 4) is 0 Å². The summed E-state index contributed by atoms with van der Waals surface area (Å²) in [5, 5.41) is 3.33. The third kappa shape index (κ3) is 4.91. The molecule has 0 radical (unpaired) electrons. The zero-order valence-electron chi connectivity index (χ0n) is 9.29. The zero-order valence-corrected chi connectivity index (χ0v) is 9.29. The number of rotatable bonds is 6. The summed E-state index contributed by atoms with van der Waals surface area (Å²) in [7, 11) is 1.69. The lowest BCUT2D eigenvalue weighted by molar-refractivity contribution is 0.196. The Morgan fingerprint density at radius 3 is 2.60 bits per heavy atom. The van der Waals surface area contributed by atoms with Gasteiger partial charge in [-0.05, 0) is 31.0 Å². The standard InChI is InChI=1S/C12H18FNO/c1-10(14-7-8-15-2)9-11-3-5-12(13)6-4-11/h3-6,10,14H,7-9H2,1-2H3/t10-/m0/s1. The fourth-order valence-corrected chi connectivity index (χ4v) is 1.45. The van der Waals surface area contributed by atoms with E-state index in [-0.39, 0.29) is 5.82 Å². The van der Waals surface area contributed by atoms with Crippen molar-refractivity contribution in [1.82, 2.24) is 5.32 Å². The van der Waals surface area contributed by atoms with E-state index in [1.54, 1.807) is 7.11 Å². The van der Waals surface area contributed by atoms with Crippen LogP contribution in [0.3, 0.4) is 0 Å². The van der Waals surface area contributed by atoms with E-state index < -0.39 is 0 Å². The molecule has 0 fully saturated rings. The van der Waals surface area contributed by atoms with Crippen LogP contribution in [0.25, 0.3) is 0 Å². The van der Waals surface area contributed by atoms with Crippen LogP contribution in [0.15, 0.2) is 24.3 Å². The summed E-state index contributed by atoms with van der Waals surface area (Å²) < 4.78 is 17.6. The smallest absolute Gasteiger partial charge is 0.123 e. The van der Waals surface area contributed by atoms with Crippen molar-refractivity contribution < 1.29 is 9.13 Å². The molecule has 0 aliphatic carbocycles. The molecule has 0 amide bonds. The first-order valence-corrected chi connectivity index (χ1v) is 5.19. The molecule has 1 atom stereocenters. The van der Waals surface area contributed by atoms with Crippen LogP contribution in [-0.4, -0.2) is 26.3 Å². The number of halogens is 1. The SMILES string of the molecule is COCCN[C@@H](C)Cc1ccc(F)cc1. The van der Waals surface area contributed by atoms with E-state index in [4.69, 9.17) is 4.74 Å². The number of hydrogen-bond donors (Lipinski definition) is 1. The van der Waals surface area contributed by atoms with Crippen LogP contribution in [0.1, 0.15) is 12.5 Å². The van der Waals surface area contributed by atoms with Gasteiger partial charge in [0.15, 0.2) is 0 Å². The predicted molar refractivity (Wildman–Crippen MR) is 59.4 cm³/mol. The molecule has 0 unspecified atom stereocenters. The van der Waals surface area contributed by atoms with Gasteiger partial charge in [0.1, 0.15) is 5.82 Å². The Kier molecular flexibility index (Phi) is 5.29. The molecular formula is C12H18FNO. The number of benzene rings is 1. The number of ether oxygens (including phenoxy) is 1. The Bertz CT molecular complexity index is 273. The van der Waals surface area contributed by atoms with Gasteiger partial charge in [0.05, 0.1) is 6.61 Å². The summed E-state index contributed by atoms with van der Waals surface area (Å²) in [6.45, 7) is 3.67. The predicted octanol–water partition coefficient (Wildman–Crippen LogP) is 1.99. The average Bonchev–Trinajstić information content (AvgIpc) is 2.22. The molecule has 1 N–H and O–H groups in total. The highest BCUT2D eigenvalue weighted by Crippen LogP contribution is 2.05. The van der Waals surface area contributed by atoms with Crippen molar-refractivity contribution in [2.45, 2.75) is 19.4 Å². The molecule has 2 nitrogen and oxygen atoms in total. The van der Waals surface area contributed by atoms with E-state index in [0.717, 1.165) is 18.5 Å². The minimum Gasteiger partial charge on any atom is -0.383 e. The van der Waals surface area contributed by atoms with Crippen LogP contribution in [0.4, 0.5) is 4.39 Å². The Labute approximate surface area is 90.4 Å². The highest BCUT2D eigenvalue weighted by molar-refractivity contribution is 5.16. The van der Waals surface area contributed by atoms with Crippen LogP contribution in [0, 0.1) is 5.82 Å². The zero-order chi connectivity index (χ0) is 11.1. The summed E-state index contributed by atoms with van der Waals surface area (Å²) in [6.07, 6.45) is 0.907. The molecule has 0 saturated heterocycles. The summed E-state index contributed by atoms with van der Waals surface area (Å²) in [5.74, 6) is -0.182. The number of methoxy groups -OCH3 is 1. The summed E-state index contributed by atoms with van der Waals surface area (Å²) in [5.41, 5.74) is 1.15. The van der Waals surface area contributed by atoms with Crippen LogP contribution in [0.2, 0.25) is 0 Å². The Balaban J connectivity index is 2.31. The maximum absolute atomic E-state index is 12.6. The molecule has 1 aromatic carbocycles. The Morgan fingerprint density at radius 1 is 1.33 bits per heavy atom. The van der Waals surface area contributed by atoms with Gasteiger partial charge >= 0.3 is 0 Å². The van der Waals surface area contributed by atoms with Crippen molar-refractivity contribution in [1.29, 1.82) is 0 Å². The molecule has 1 aromatic rings. The minimum absolute atomic E-state index is 0.182. The Morgan fingerprint density at radius 2 is 2.00 bits per heavy atom. The van der Waals surface area contributed by atoms with Gasteiger partial charge in [0.2, 0.25) is 0 Å². The van der Waals surface area contributed by atoms with Crippen molar-refractivity contribution in [2.24, 2.45) is 0 Å². The van der Waals surface area contributed by atoms with Gasteiger partial charge in [-0.15, -0.1) is 0 Å². The van der Waals surface area contributed by atoms with Crippen LogP contribution >= 0.6 is 0 Å². The van der Waals surface area contributed by atoms with Crippen LogP contribution in [-0.2, 0) is 11.2 Å². The molecule has 0 bridgehead atoms. The van der Waals surface area contributed by atoms with Gasteiger partial charge in [-0.25, -0.2) is 4.39 Å². The topological polar surface area (TPSA) is 21.3 Å². The van der Waals surface area contributed by atoms with Crippen molar-refractivity contribution in [3.63, 3.8) is 0 Å². The number of hydrogen-bond acceptors (Lipinski definition) is 2. The van der Waals surface area contributed by atoms with E-state index in [1.807, 2.05) is 12.1 Å². The molecule has 3 heteroatoms. The van der Waals surface area contributed by atoms with E-state index in [9.17, 15) is 4.39 Å². The molecule has 0 spiro atoms. The third-order valence-corrected chi connectivity index (χ3v) is 2.25. The van der Waals surface area contributed by atoms with Crippen LogP contribution in [0.5, 0.6) is 0 Å². The summed E-state index contributed by atoms with van der Waals surface area (Å²) >= 11 is 0. The monoisotopic (exact) mass is 211 g/mol. The number of nitrogens with one attached hydrogen (secondary N) is 1. The highest BCUT2D eigenvalue weighted by Gasteiger charge is 2.02. The van der Waals surface area contributed by atoms with E-state index >= 15 is 0 Å². The first kappa shape index (κ1) is 12.1. The Hall–Kier alpha value is -0.930. The largest absolute Gasteiger partial charge is 0.383 e. The van der Waals surface area contributed by atoms with E-state index in [2.05, 4.69) is 12.2 Å². The van der Waals surface area contributed by atoms with Crippen molar-refractivity contribution >= 4 is 0 Å². The quantitative estimate of drug-likeness (QED) is 0.727. The van der Waals surface area contributed by atoms with Gasteiger partial charge in [-0.3, -0.25) is 0 Å². The lowest BCUT2D eigenvalue weighted by atomic mass is 10.1. The molecule has 15 heavy (non-hydrogen) atoms. The second-order valence-electron chi connectivity index (χ2n) is 3.68.